The van der Waals surface area contributed by atoms with Crippen LogP contribution in [-0.2, 0) is 16.0 Å². The van der Waals surface area contributed by atoms with E-state index >= 15 is 0 Å². The van der Waals surface area contributed by atoms with Crippen LogP contribution < -0.4 is 20.1 Å². The molecule has 8 heteroatoms. The molecule has 0 aromatic heterocycles. The summed E-state index contributed by atoms with van der Waals surface area (Å²) in [6, 6.07) is 10.1. The molecule has 0 bridgehead atoms. The van der Waals surface area contributed by atoms with Crippen molar-refractivity contribution in [2.45, 2.75) is 6.42 Å². The van der Waals surface area contributed by atoms with Crippen LogP contribution in [0.15, 0.2) is 36.4 Å². The Balaban J connectivity index is 1.88. The van der Waals surface area contributed by atoms with E-state index in [0.29, 0.717) is 28.0 Å². The number of ether oxygens (including phenoxy) is 2. The second kappa shape index (κ2) is 9.31. The van der Waals surface area contributed by atoms with E-state index in [1.165, 1.54) is 12.1 Å². The normalized spacial score (nSPS) is 10.2. The van der Waals surface area contributed by atoms with Gasteiger partial charge in [0.2, 0.25) is 0 Å². The van der Waals surface area contributed by atoms with Gasteiger partial charge in [0.05, 0.1) is 24.9 Å². The zero-order valence-electron chi connectivity index (χ0n) is 14.3. The summed E-state index contributed by atoms with van der Waals surface area (Å²) in [7, 11) is 3.11. The average Bonchev–Trinajstić information content (AvgIpc) is 2.64. The number of benzene rings is 2. The Kier molecular flexibility index (Phi) is 7.12. The molecular formula is C18H18Cl2N2O4. The zero-order chi connectivity index (χ0) is 19.1. The molecule has 0 atom stereocenters. The summed E-state index contributed by atoms with van der Waals surface area (Å²) >= 11 is 11.8. The third kappa shape index (κ3) is 5.28. The first-order valence-electron chi connectivity index (χ1n) is 7.69. The lowest BCUT2D eigenvalue weighted by atomic mass is 10.1. The molecule has 138 valence electrons. The molecule has 0 fully saturated rings. The van der Waals surface area contributed by atoms with Crippen LogP contribution in [0.3, 0.4) is 0 Å². The van der Waals surface area contributed by atoms with Crippen molar-refractivity contribution in [1.29, 1.82) is 0 Å². The first-order chi connectivity index (χ1) is 12.4. The predicted octanol–water partition coefficient (Wildman–Crippen LogP) is 3.31. The molecule has 0 saturated heterocycles. The summed E-state index contributed by atoms with van der Waals surface area (Å²) in [4.78, 5) is 23.9. The molecule has 0 radical (unpaired) electrons. The summed E-state index contributed by atoms with van der Waals surface area (Å²) in [5.74, 6) is -0.356. The molecule has 0 unspecified atom stereocenters. The summed E-state index contributed by atoms with van der Waals surface area (Å²) < 4.78 is 10.4. The van der Waals surface area contributed by atoms with Crippen LogP contribution in [-0.4, -0.2) is 32.6 Å². The molecular weight excluding hydrogens is 379 g/mol. The number of carbonyl (C=O) groups is 2. The Morgan fingerprint density at radius 3 is 2.38 bits per heavy atom. The van der Waals surface area contributed by atoms with Crippen LogP contribution in [0.25, 0.3) is 0 Å². The van der Waals surface area contributed by atoms with E-state index in [9.17, 15) is 9.59 Å². The van der Waals surface area contributed by atoms with Crippen molar-refractivity contribution in [3.05, 3.63) is 52.0 Å². The lowest BCUT2D eigenvalue weighted by Crippen LogP contribution is -2.36. The fourth-order valence-corrected chi connectivity index (χ4v) is 2.55. The summed E-state index contributed by atoms with van der Waals surface area (Å²) in [6.45, 7) is 0.283. The van der Waals surface area contributed by atoms with Crippen LogP contribution in [0.2, 0.25) is 10.0 Å². The van der Waals surface area contributed by atoms with E-state index in [2.05, 4.69) is 10.6 Å². The SMILES string of the molecule is COc1ccc(CCNC(=O)C(=O)Nc2cc(Cl)ccc2Cl)cc1OC. The summed E-state index contributed by atoms with van der Waals surface area (Å²) in [5.41, 5.74) is 1.21. The maximum Gasteiger partial charge on any atom is 0.313 e. The van der Waals surface area contributed by atoms with E-state index in [4.69, 9.17) is 32.7 Å². The fraction of sp³-hybridized carbons (Fsp3) is 0.222. The second-order valence-corrected chi connectivity index (χ2v) is 6.12. The molecule has 0 aliphatic carbocycles. The van der Waals surface area contributed by atoms with Gasteiger partial charge in [-0.2, -0.15) is 0 Å². The molecule has 2 amide bonds. The van der Waals surface area contributed by atoms with E-state index in [1.54, 1.807) is 26.4 Å². The average molecular weight is 397 g/mol. The van der Waals surface area contributed by atoms with Crippen LogP contribution in [0.4, 0.5) is 5.69 Å². The highest BCUT2D eigenvalue weighted by atomic mass is 35.5. The molecule has 0 aliphatic rings. The molecule has 0 aliphatic heterocycles. The van der Waals surface area contributed by atoms with Crippen LogP contribution in [0, 0.1) is 0 Å². The monoisotopic (exact) mass is 396 g/mol. The van der Waals surface area contributed by atoms with E-state index in [1.807, 2.05) is 12.1 Å². The van der Waals surface area contributed by atoms with E-state index in [0.717, 1.165) is 5.56 Å². The van der Waals surface area contributed by atoms with Crippen molar-refractivity contribution in [2.75, 3.05) is 26.1 Å². The van der Waals surface area contributed by atoms with Crippen molar-refractivity contribution in [2.24, 2.45) is 0 Å². The van der Waals surface area contributed by atoms with Crippen molar-refractivity contribution < 1.29 is 19.1 Å². The van der Waals surface area contributed by atoms with Gasteiger partial charge in [-0.3, -0.25) is 9.59 Å². The van der Waals surface area contributed by atoms with Crippen LogP contribution in [0.5, 0.6) is 11.5 Å². The predicted molar refractivity (Wildman–Crippen MR) is 101 cm³/mol. The third-order valence-electron chi connectivity index (χ3n) is 3.53. The first kappa shape index (κ1) is 19.9. The highest BCUT2D eigenvalue weighted by Gasteiger charge is 2.15. The molecule has 2 aromatic rings. The Labute approximate surface area is 161 Å². The van der Waals surface area contributed by atoms with Gasteiger partial charge in [0.1, 0.15) is 0 Å². The minimum atomic E-state index is -0.818. The molecule has 2 aromatic carbocycles. The molecule has 26 heavy (non-hydrogen) atoms. The summed E-state index contributed by atoms with van der Waals surface area (Å²) in [5, 5.41) is 5.68. The Morgan fingerprint density at radius 2 is 1.69 bits per heavy atom. The molecule has 0 spiro atoms. The number of hydrogen-bond acceptors (Lipinski definition) is 4. The van der Waals surface area contributed by atoms with Crippen molar-refractivity contribution >= 4 is 40.7 Å². The van der Waals surface area contributed by atoms with Crippen LogP contribution >= 0.6 is 23.2 Å². The van der Waals surface area contributed by atoms with Gasteiger partial charge in [-0.1, -0.05) is 29.3 Å². The van der Waals surface area contributed by atoms with Crippen LogP contribution in [0.1, 0.15) is 5.56 Å². The summed E-state index contributed by atoms with van der Waals surface area (Å²) in [6.07, 6.45) is 0.525. The highest BCUT2D eigenvalue weighted by Crippen LogP contribution is 2.27. The number of methoxy groups -OCH3 is 2. The van der Waals surface area contributed by atoms with Crippen molar-refractivity contribution in [3.8, 4) is 11.5 Å². The largest absolute Gasteiger partial charge is 0.493 e. The van der Waals surface area contributed by atoms with Crippen molar-refractivity contribution in [3.63, 3.8) is 0 Å². The van der Waals surface area contributed by atoms with E-state index in [-0.39, 0.29) is 12.2 Å². The van der Waals surface area contributed by atoms with Gasteiger partial charge in [0.15, 0.2) is 11.5 Å². The van der Waals surface area contributed by atoms with Gasteiger partial charge < -0.3 is 20.1 Å². The smallest absolute Gasteiger partial charge is 0.313 e. The van der Waals surface area contributed by atoms with E-state index < -0.39 is 11.8 Å². The highest BCUT2D eigenvalue weighted by molar-refractivity contribution is 6.42. The number of carbonyl (C=O) groups excluding carboxylic acids is 2. The Hall–Kier alpha value is -2.44. The molecule has 2 rings (SSSR count). The number of halogens is 2. The Morgan fingerprint density at radius 1 is 0.962 bits per heavy atom. The molecule has 6 nitrogen and oxygen atoms in total. The quantitative estimate of drug-likeness (QED) is 0.734. The first-order valence-corrected chi connectivity index (χ1v) is 8.45. The lowest BCUT2D eigenvalue weighted by Gasteiger charge is -2.10. The standard InChI is InChI=1S/C18H18Cl2N2O4/c1-25-15-6-3-11(9-16(15)26-2)7-8-21-17(23)18(24)22-14-10-12(19)4-5-13(14)20/h3-6,9-10H,7-8H2,1-2H3,(H,21,23)(H,22,24). The minimum absolute atomic E-state index is 0.277. The fourth-order valence-electron chi connectivity index (χ4n) is 2.21. The number of anilines is 1. The maximum atomic E-state index is 11.9. The number of hydrogen-bond donors (Lipinski definition) is 2. The lowest BCUT2D eigenvalue weighted by molar-refractivity contribution is -0.136. The topological polar surface area (TPSA) is 76.7 Å². The molecule has 0 heterocycles. The number of rotatable bonds is 6. The zero-order valence-corrected chi connectivity index (χ0v) is 15.8. The third-order valence-corrected chi connectivity index (χ3v) is 4.09. The van der Waals surface area contributed by atoms with Gasteiger partial charge in [-0.05, 0) is 42.3 Å². The van der Waals surface area contributed by atoms with Gasteiger partial charge in [0, 0.05) is 11.6 Å². The van der Waals surface area contributed by atoms with Gasteiger partial charge in [0.25, 0.3) is 0 Å². The molecule has 0 saturated carbocycles. The van der Waals surface area contributed by atoms with Gasteiger partial charge in [-0.15, -0.1) is 0 Å². The minimum Gasteiger partial charge on any atom is -0.493 e. The second-order valence-electron chi connectivity index (χ2n) is 5.27. The van der Waals surface area contributed by atoms with Crippen molar-refractivity contribution in [1.82, 2.24) is 5.32 Å². The maximum absolute atomic E-state index is 11.9. The molecule has 2 N–H and O–H groups in total. The Bertz CT molecular complexity index is 812. The number of amides is 2. The number of nitrogens with one attached hydrogen (secondary N) is 2. The van der Waals surface area contributed by atoms with Gasteiger partial charge >= 0.3 is 11.8 Å². The van der Waals surface area contributed by atoms with Gasteiger partial charge in [-0.25, -0.2) is 0 Å².